The van der Waals surface area contributed by atoms with Gasteiger partial charge in [0.2, 0.25) is 0 Å². The second kappa shape index (κ2) is 6.87. The van der Waals surface area contributed by atoms with E-state index in [1.54, 1.807) is 6.20 Å². The van der Waals surface area contributed by atoms with Crippen molar-refractivity contribution in [3.8, 4) is 6.07 Å². The molecule has 0 aliphatic heterocycles. The van der Waals surface area contributed by atoms with Crippen LogP contribution in [0.25, 0.3) is 0 Å². The molecular weight excluding hydrogens is 212 g/mol. The molecule has 0 aliphatic carbocycles. The average molecular weight is 232 g/mol. The van der Waals surface area contributed by atoms with Gasteiger partial charge < -0.3 is 10.2 Å². The second-order valence-electron chi connectivity index (χ2n) is 4.03. The largest absolute Gasteiger partial charge is 0.358 e. The highest BCUT2D eigenvalue weighted by atomic mass is 15.2. The number of aromatic nitrogens is 1. The Hall–Kier alpha value is -1.60. The predicted octanol–water partition coefficient (Wildman–Crippen LogP) is 2.10. The monoisotopic (exact) mass is 232 g/mol. The van der Waals surface area contributed by atoms with Crippen molar-refractivity contribution in [2.75, 3.05) is 25.0 Å². The Morgan fingerprint density at radius 3 is 3.00 bits per heavy atom. The molecule has 4 nitrogen and oxygen atoms in total. The van der Waals surface area contributed by atoms with Gasteiger partial charge in [-0.25, -0.2) is 4.98 Å². The summed E-state index contributed by atoms with van der Waals surface area (Å²) in [4.78, 5) is 6.45. The van der Waals surface area contributed by atoms with E-state index in [2.05, 4.69) is 36.3 Å². The summed E-state index contributed by atoms with van der Waals surface area (Å²) < 4.78 is 0. The van der Waals surface area contributed by atoms with Crippen LogP contribution in [0.2, 0.25) is 0 Å². The van der Waals surface area contributed by atoms with Crippen molar-refractivity contribution in [2.24, 2.45) is 0 Å². The summed E-state index contributed by atoms with van der Waals surface area (Å²) in [6.07, 6.45) is 2.31. The van der Waals surface area contributed by atoms with Crippen LogP contribution >= 0.6 is 0 Å². The van der Waals surface area contributed by atoms with Crippen molar-refractivity contribution >= 4 is 5.82 Å². The van der Waals surface area contributed by atoms with Crippen molar-refractivity contribution in [1.29, 1.82) is 5.26 Å². The number of hydrogen-bond acceptors (Lipinski definition) is 4. The lowest BCUT2D eigenvalue weighted by atomic mass is 10.1. The number of pyridine rings is 1. The summed E-state index contributed by atoms with van der Waals surface area (Å²) in [5.41, 5.74) is 1.18. The molecule has 0 amide bonds. The van der Waals surface area contributed by atoms with Gasteiger partial charge in [-0.2, -0.15) is 5.26 Å². The number of anilines is 1. The maximum atomic E-state index is 8.62. The van der Waals surface area contributed by atoms with Gasteiger partial charge in [0, 0.05) is 31.4 Å². The molecule has 0 saturated carbocycles. The minimum Gasteiger partial charge on any atom is -0.358 e. The maximum Gasteiger partial charge on any atom is 0.133 e. The molecule has 1 N–H and O–H groups in total. The summed E-state index contributed by atoms with van der Waals surface area (Å²) in [7, 11) is 1.97. The first-order valence-corrected chi connectivity index (χ1v) is 5.97. The van der Waals surface area contributed by atoms with Gasteiger partial charge in [-0.05, 0) is 19.5 Å². The van der Waals surface area contributed by atoms with Gasteiger partial charge in [0.1, 0.15) is 5.82 Å². The van der Waals surface area contributed by atoms with Crippen molar-refractivity contribution < 1.29 is 0 Å². The molecule has 0 bridgehead atoms. The van der Waals surface area contributed by atoms with E-state index in [0.717, 1.165) is 12.4 Å². The topological polar surface area (TPSA) is 52.0 Å². The molecule has 0 saturated heterocycles. The van der Waals surface area contributed by atoms with Gasteiger partial charge in [0.05, 0.1) is 12.5 Å². The number of hydrogen-bond donors (Lipinski definition) is 1. The minimum atomic E-state index is 0.272. The fraction of sp³-hybridized carbons (Fsp3) is 0.538. The van der Waals surface area contributed by atoms with Gasteiger partial charge in [-0.3, -0.25) is 0 Å². The third kappa shape index (κ3) is 3.72. The van der Waals surface area contributed by atoms with Crippen molar-refractivity contribution in [3.05, 3.63) is 23.9 Å². The smallest absolute Gasteiger partial charge is 0.133 e. The second-order valence-corrected chi connectivity index (χ2v) is 4.03. The maximum absolute atomic E-state index is 8.62. The van der Waals surface area contributed by atoms with E-state index >= 15 is 0 Å². The van der Waals surface area contributed by atoms with Crippen LogP contribution in [-0.2, 0) is 0 Å². The standard InChI is InChI=1S/C13H20N4/c1-4-15-11(2)12-7-5-9-16-13(12)17(3)10-6-8-14/h5,7,9,11,15H,4,6,10H2,1-3H3. The van der Waals surface area contributed by atoms with E-state index in [0.29, 0.717) is 13.0 Å². The van der Waals surface area contributed by atoms with Gasteiger partial charge in [-0.1, -0.05) is 13.0 Å². The third-order valence-corrected chi connectivity index (χ3v) is 2.71. The lowest BCUT2D eigenvalue weighted by Crippen LogP contribution is -2.25. The number of nitrogens with one attached hydrogen (secondary N) is 1. The third-order valence-electron chi connectivity index (χ3n) is 2.71. The zero-order valence-corrected chi connectivity index (χ0v) is 10.8. The molecule has 0 aliphatic rings. The lowest BCUT2D eigenvalue weighted by Gasteiger charge is -2.23. The SMILES string of the molecule is CCNC(C)c1cccnc1N(C)CCC#N. The Labute approximate surface area is 103 Å². The molecule has 0 spiro atoms. The Balaban J connectivity index is 2.87. The quantitative estimate of drug-likeness (QED) is 0.816. The van der Waals surface area contributed by atoms with E-state index < -0.39 is 0 Å². The first kappa shape index (κ1) is 13.5. The number of nitrogens with zero attached hydrogens (tertiary/aromatic N) is 3. The van der Waals surface area contributed by atoms with Crippen molar-refractivity contribution in [3.63, 3.8) is 0 Å². The van der Waals surface area contributed by atoms with Crippen LogP contribution in [0.15, 0.2) is 18.3 Å². The summed E-state index contributed by atoms with van der Waals surface area (Å²) in [6.45, 7) is 5.85. The predicted molar refractivity (Wildman–Crippen MR) is 69.8 cm³/mol. The fourth-order valence-electron chi connectivity index (χ4n) is 1.81. The Kier molecular flexibility index (Phi) is 5.44. The minimum absolute atomic E-state index is 0.272. The molecular formula is C13H20N4. The highest BCUT2D eigenvalue weighted by molar-refractivity contribution is 5.47. The number of nitriles is 1. The van der Waals surface area contributed by atoms with E-state index in [4.69, 9.17) is 5.26 Å². The summed E-state index contributed by atoms with van der Waals surface area (Å²) >= 11 is 0. The van der Waals surface area contributed by atoms with Crippen molar-refractivity contribution in [1.82, 2.24) is 10.3 Å². The zero-order chi connectivity index (χ0) is 12.7. The molecule has 4 heteroatoms. The molecule has 0 radical (unpaired) electrons. The van der Waals surface area contributed by atoms with E-state index in [9.17, 15) is 0 Å². The Bertz CT molecular complexity index is 383. The van der Waals surface area contributed by atoms with Crippen LogP contribution in [0, 0.1) is 11.3 Å². The van der Waals surface area contributed by atoms with Crippen LogP contribution in [0.4, 0.5) is 5.82 Å². The molecule has 1 unspecified atom stereocenters. The molecule has 92 valence electrons. The van der Waals surface area contributed by atoms with Crippen LogP contribution in [0.1, 0.15) is 31.9 Å². The summed E-state index contributed by atoms with van der Waals surface area (Å²) in [6, 6.07) is 6.46. The van der Waals surface area contributed by atoms with Crippen LogP contribution in [0.5, 0.6) is 0 Å². The molecule has 1 aromatic rings. The fourth-order valence-corrected chi connectivity index (χ4v) is 1.81. The van der Waals surface area contributed by atoms with E-state index in [1.807, 2.05) is 18.0 Å². The zero-order valence-electron chi connectivity index (χ0n) is 10.8. The molecule has 1 aromatic heterocycles. The molecule has 17 heavy (non-hydrogen) atoms. The van der Waals surface area contributed by atoms with Crippen LogP contribution in [0.3, 0.4) is 0 Å². The Morgan fingerprint density at radius 2 is 2.35 bits per heavy atom. The summed E-state index contributed by atoms with van der Waals surface area (Å²) in [5, 5.41) is 12.0. The average Bonchev–Trinajstić information content (AvgIpc) is 2.36. The first-order chi connectivity index (χ1) is 8.20. The summed E-state index contributed by atoms with van der Waals surface area (Å²) in [5.74, 6) is 0.955. The van der Waals surface area contributed by atoms with Crippen molar-refractivity contribution in [2.45, 2.75) is 26.3 Å². The first-order valence-electron chi connectivity index (χ1n) is 5.97. The highest BCUT2D eigenvalue weighted by Crippen LogP contribution is 2.22. The normalized spacial score (nSPS) is 11.9. The molecule has 0 fully saturated rings. The Morgan fingerprint density at radius 1 is 1.59 bits per heavy atom. The molecule has 1 rings (SSSR count). The van der Waals surface area contributed by atoms with Crippen LogP contribution < -0.4 is 10.2 Å². The highest BCUT2D eigenvalue weighted by Gasteiger charge is 2.13. The van der Waals surface area contributed by atoms with Gasteiger partial charge in [-0.15, -0.1) is 0 Å². The van der Waals surface area contributed by atoms with Gasteiger partial charge >= 0.3 is 0 Å². The van der Waals surface area contributed by atoms with E-state index in [-0.39, 0.29) is 6.04 Å². The van der Waals surface area contributed by atoms with Gasteiger partial charge in [0.15, 0.2) is 0 Å². The molecule has 0 aromatic carbocycles. The molecule has 1 heterocycles. The van der Waals surface area contributed by atoms with Gasteiger partial charge in [0.25, 0.3) is 0 Å². The van der Waals surface area contributed by atoms with Crippen LogP contribution in [-0.4, -0.2) is 25.1 Å². The van der Waals surface area contributed by atoms with E-state index in [1.165, 1.54) is 5.56 Å². The molecule has 1 atom stereocenters. The lowest BCUT2D eigenvalue weighted by molar-refractivity contribution is 0.594. The number of rotatable bonds is 6.